The van der Waals surface area contributed by atoms with E-state index in [4.69, 9.17) is 9.63 Å². The summed E-state index contributed by atoms with van der Waals surface area (Å²) in [5.41, 5.74) is 0.346. The van der Waals surface area contributed by atoms with Crippen LogP contribution in [0, 0.1) is 13.8 Å². The molecule has 0 bridgehead atoms. The van der Waals surface area contributed by atoms with Crippen molar-refractivity contribution in [3.63, 3.8) is 0 Å². The van der Waals surface area contributed by atoms with Gasteiger partial charge in [-0.2, -0.15) is 4.31 Å². The van der Waals surface area contributed by atoms with E-state index in [1.54, 1.807) is 18.7 Å². The topological polar surface area (TPSA) is 104 Å². The van der Waals surface area contributed by atoms with Gasteiger partial charge in [0.15, 0.2) is 5.76 Å². The summed E-state index contributed by atoms with van der Waals surface area (Å²) in [5, 5.41) is 12.5. The first-order valence-electron chi connectivity index (χ1n) is 6.69. The van der Waals surface area contributed by atoms with E-state index < -0.39 is 16.0 Å². The Bertz CT molecular complexity index is 605. The third-order valence-corrected chi connectivity index (χ3v) is 5.62. The van der Waals surface area contributed by atoms with Crippen LogP contribution in [0.3, 0.4) is 0 Å². The predicted octanol–water partition coefficient (Wildman–Crippen LogP) is 0.0724. The Balaban J connectivity index is 2.17. The highest BCUT2D eigenvalue weighted by Gasteiger charge is 2.32. The zero-order valence-electron chi connectivity index (χ0n) is 12.1. The standard InChI is InChI=1S/C12H19N3O5S/c1-9-12(10(2)20-13-9)21(18,19)15-5-3-4-14(6-7-15)8-11(16)17/h3-8H2,1-2H3,(H,16,17). The largest absolute Gasteiger partial charge is 0.480 e. The average molecular weight is 317 g/mol. The fourth-order valence-corrected chi connectivity index (χ4v) is 4.27. The Labute approximate surface area is 123 Å². The molecule has 1 aromatic rings. The molecule has 2 heterocycles. The summed E-state index contributed by atoms with van der Waals surface area (Å²) in [4.78, 5) is 12.6. The van der Waals surface area contributed by atoms with Crippen molar-refractivity contribution in [3.8, 4) is 0 Å². The highest BCUT2D eigenvalue weighted by atomic mass is 32.2. The van der Waals surface area contributed by atoms with Gasteiger partial charge in [-0.05, 0) is 20.3 Å². The van der Waals surface area contributed by atoms with E-state index in [1.807, 2.05) is 0 Å². The van der Waals surface area contributed by atoms with Crippen molar-refractivity contribution < 1.29 is 22.8 Å². The summed E-state index contributed by atoms with van der Waals surface area (Å²) < 4.78 is 31.6. The lowest BCUT2D eigenvalue weighted by Gasteiger charge is -2.20. The number of rotatable bonds is 4. The fourth-order valence-electron chi connectivity index (χ4n) is 2.51. The molecule has 8 nitrogen and oxygen atoms in total. The maximum Gasteiger partial charge on any atom is 0.317 e. The number of aliphatic carboxylic acids is 1. The van der Waals surface area contributed by atoms with E-state index in [2.05, 4.69) is 5.16 Å². The number of nitrogens with zero attached hydrogens (tertiary/aromatic N) is 3. The Morgan fingerprint density at radius 1 is 1.29 bits per heavy atom. The van der Waals surface area contributed by atoms with Gasteiger partial charge in [-0.3, -0.25) is 9.69 Å². The van der Waals surface area contributed by atoms with Crippen molar-refractivity contribution in [3.05, 3.63) is 11.5 Å². The van der Waals surface area contributed by atoms with Crippen LogP contribution < -0.4 is 0 Å². The number of carboxylic acids is 1. The van der Waals surface area contributed by atoms with Crippen molar-refractivity contribution in [1.82, 2.24) is 14.4 Å². The van der Waals surface area contributed by atoms with Gasteiger partial charge in [-0.25, -0.2) is 8.42 Å². The maximum atomic E-state index is 12.7. The molecule has 0 atom stereocenters. The summed E-state index contributed by atoms with van der Waals surface area (Å²) in [6.45, 7) is 4.69. The van der Waals surface area contributed by atoms with Crippen LogP contribution in [0.2, 0.25) is 0 Å². The molecule has 1 N–H and O–H groups in total. The Hall–Kier alpha value is -1.45. The molecule has 1 saturated heterocycles. The van der Waals surface area contributed by atoms with Crippen LogP contribution in [-0.4, -0.2) is 66.6 Å². The first-order chi connectivity index (χ1) is 9.82. The normalized spacial score (nSPS) is 18.6. The smallest absolute Gasteiger partial charge is 0.317 e. The SMILES string of the molecule is Cc1noc(C)c1S(=O)(=O)N1CCCN(CC(=O)O)CC1. The van der Waals surface area contributed by atoms with E-state index in [0.717, 1.165) is 0 Å². The molecule has 1 aromatic heterocycles. The predicted molar refractivity (Wildman–Crippen MR) is 73.4 cm³/mol. The van der Waals surface area contributed by atoms with Crippen molar-refractivity contribution in [2.75, 3.05) is 32.7 Å². The first-order valence-corrected chi connectivity index (χ1v) is 8.13. The van der Waals surface area contributed by atoms with Crippen molar-refractivity contribution >= 4 is 16.0 Å². The number of sulfonamides is 1. The molecule has 0 saturated carbocycles. The summed E-state index contributed by atoms with van der Waals surface area (Å²) in [6.07, 6.45) is 0.593. The molecule has 21 heavy (non-hydrogen) atoms. The summed E-state index contributed by atoms with van der Waals surface area (Å²) in [6, 6.07) is 0. The Morgan fingerprint density at radius 3 is 2.57 bits per heavy atom. The summed E-state index contributed by atoms with van der Waals surface area (Å²) >= 11 is 0. The van der Waals surface area contributed by atoms with Gasteiger partial charge in [0, 0.05) is 26.2 Å². The van der Waals surface area contributed by atoms with Gasteiger partial charge in [-0.15, -0.1) is 0 Å². The van der Waals surface area contributed by atoms with Crippen LogP contribution in [-0.2, 0) is 14.8 Å². The second kappa shape index (κ2) is 6.12. The molecule has 0 radical (unpaired) electrons. The molecule has 0 spiro atoms. The van der Waals surface area contributed by atoms with Gasteiger partial charge in [0.2, 0.25) is 10.0 Å². The van der Waals surface area contributed by atoms with E-state index in [-0.39, 0.29) is 23.7 Å². The molecular weight excluding hydrogens is 298 g/mol. The van der Waals surface area contributed by atoms with E-state index >= 15 is 0 Å². The third kappa shape index (κ3) is 3.42. The molecule has 0 amide bonds. The van der Waals surface area contributed by atoms with Crippen LogP contribution in [0.1, 0.15) is 17.9 Å². The quantitative estimate of drug-likeness (QED) is 0.838. The molecule has 9 heteroatoms. The van der Waals surface area contributed by atoms with Crippen LogP contribution in [0.4, 0.5) is 0 Å². The van der Waals surface area contributed by atoms with Crippen molar-refractivity contribution in [2.45, 2.75) is 25.2 Å². The minimum Gasteiger partial charge on any atom is -0.480 e. The zero-order valence-corrected chi connectivity index (χ0v) is 12.9. The molecular formula is C12H19N3O5S. The number of aromatic nitrogens is 1. The Kier molecular flexibility index (Phi) is 4.64. The van der Waals surface area contributed by atoms with E-state index in [0.29, 0.717) is 31.7 Å². The van der Waals surface area contributed by atoms with Gasteiger partial charge in [-0.1, -0.05) is 5.16 Å². The lowest BCUT2D eigenvalue weighted by molar-refractivity contribution is -0.138. The molecule has 1 aliphatic heterocycles. The second-order valence-corrected chi connectivity index (χ2v) is 6.96. The monoisotopic (exact) mass is 317 g/mol. The van der Waals surface area contributed by atoms with Crippen LogP contribution in [0.15, 0.2) is 9.42 Å². The molecule has 0 aliphatic carbocycles. The van der Waals surface area contributed by atoms with Gasteiger partial charge >= 0.3 is 5.97 Å². The fraction of sp³-hybridized carbons (Fsp3) is 0.667. The van der Waals surface area contributed by atoms with E-state index in [1.165, 1.54) is 4.31 Å². The maximum absolute atomic E-state index is 12.7. The lowest BCUT2D eigenvalue weighted by atomic mass is 10.4. The minimum atomic E-state index is -3.65. The molecule has 0 aromatic carbocycles. The summed E-state index contributed by atoms with van der Waals surface area (Å²) in [7, 11) is -3.65. The van der Waals surface area contributed by atoms with E-state index in [9.17, 15) is 13.2 Å². The van der Waals surface area contributed by atoms with Gasteiger partial charge in [0.1, 0.15) is 10.6 Å². The number of aryl methyl sites for hydroxylation is 2. The molecule has 118 valence electrons. The minimum absolute atomic E-state index is 0.0702. The number of carbonyl (C=O) groups is 1. The number of carboxylic acid groups (broad SMARTS) is 1. The number of hydrogen-bond donors (Lipinski definition) is 1. The van der Waals surface area contributed by atoms with Gasteiger partial charge in [0.25, 0.3) is 0 Å². The van der Waals surface area contributed by atoms with Crippen LogP contribution >= 0.6 is 0 Å². The summed E-state index contributed by atoms with van der Waals surface area (Å²) in [5.74, 6) is -0.629. The van der Waals surface area contributed by atoms with Crippen LogP contribution in [0.25, 0.3) is 0 Å². The Morgan fingerprint density at radius 2 is 2.00 bits per heavy atom. The van der Waals surface area contributed by atoms with Crippen molar-refractivity contribution in [2.24, 2.45) is 0 Å². The van der Waals surface area contributed by atoms with Gasteiger partial charge < -0.3 is 9.63 Å². The second-order valence-electron chi connectivity index (χ2n) is 5.08. The zero-order chi connectivity index (χ0) is 15.6. The van der Waals surface area contributed by atoms with Crippen molar-refractivity contribution in [1.29, 1.82) is 0 Å². The van der Waals surface area contributed by atoms with Crippen LogP contribution in [0.5, 0.6) is 0 Å². The highest BCUT2D eigenvalue weighted by molar-refractivity contribution is 7.89. The molecule has 2 rings (SSSR count). The molecule has 1 aliphatic rings. The first kappa shape index (κ1) is 15.9. The third-order valence-electron chi connectivity index (χ3n) is 3.47. The van der Waals surface area contributed by atoms with Gasteiger partial charge in [0.05, 0.1) is 6.54 Å². The lowest BCUT2D eigenvalue weighted by Crippen LogP contribution is -2.37. The molecule has 1 fully saturated rings. The average Bonchev–Trinajstić information content (AvgIpc) is 2.60. The molecule has 0 unspecified atom stereocenters. The number of hydrogen-bond acceptors (Lipinski definition) is 6. The highest BCUT2D eigenvalue weighted by Crippen LogP contribution is 2.24.